The molecule has 0 aromatic rings. The maximum Gasteiger partial charge on any atom is 0.0163 e. The average Bonchev–Trinajstić information content (AvgIpc) is 1.63. The summed E-state index contributed by atoms with van der Waals surface area (Å²) in [5, 5.41) is 0. The molecule has 1 saturated heterocycles. The molecule has 0 N–H and O–H groups in total. The summed E-state index contributed by atoms with van der Waals surface area (Å²) in [4.78, 5) is 2.43. The summed E-state index contributed by atoms with van der Waals surface area (Å²) in [6.45, 7) is 5.85. The fraction of sp³-hybridized carbons (Fsp3) is 0.714. The predicted molar refractivity (Wildman–Crippen MR) is 35.9 cm³/mol. The third-order valence-electron chi connectivity index (χ3n) is 1.55. The summed E-state index contributed by atoms with van der Waals surface area (Å²) >= 11 is 0. The van der Waals surface area contributed by atoms with Crippen molar-refractivity contribution in [2.45, 2.75) is 13.3 Å². The van der Waals surface area contributed by atoms with Crippen molar-refractivity contribution in [1.29, 1.82) is 0 Å². The van der Waals surface area contributed by atoms with Gasteiger partial charge in [0.1, 0.15) is 0 Å². The number of likely N-dealkylation sites (tertiary alicyclic amines) is 1. The topological polar surface area (TPSA) is 3.24 Å². The third-order valence-corrected chi connectivity index (χ3v) is 1.55. The van der Waals surface area contributed by atoms with Crippen LogP contribution in [-0.4, -0.2) is 24.5 Å². The second-order valence-corrected chi connectivity index (χ2v) is 2.22. The lowest BCUT2D eigenvalue weighted by atomic mass is 10.2. The largest absolute Gasteiger partial charge is 0.300 e. The Labute approximate surface area is 51.0 Å². The van der Waals surface area contributed by atoms with Gasteiger partial charge in [-0.1, -0.05) is 12.2 Å². The molecule has 0 aromatic carbocycles. The molecule has 1 nitrogen and oxygen atoms in total. The highest BCUT2D eigenvalue weighted by Crippen LogP contribution is 2.03. The van der Waals surface area contributed by atoms with Gasteiger partial charge < -0.3 is 0 Å². The van der Waals surface area contributed by atoms with Gasteiger partial charge in [0.2, 0.25) is 0 Å². The molecule has 8 heavy (non-hydrogen) atoms. The Morgan fingerprint density at radius 3 is 2.62 bits per heavy atom. The minimum atomic E-state index is 1.16. The van der Waals surface area contributed by atoms with Gasteiger partial charge in [0, 0.05) is 6.54 Å². The highest BCUT2D eigenvalue weighted by molar-refractivity contribution is 4.83. The lowest BCUT2D eigenvalue weighted by Gasteiger charge is -2.29. The van der Waals surface area contributed by atoms with Gasteiger partial charge in [0.05, 0.1) is 0 Å². The smallest absolute Gasteiger partial charge is 0.0163 e. The molecule has 1 heterocycles. The van der Waals surface area contributed by atoms with Crippen LogP contribution in [0.3, 0.4) is 0 Å². The second-order valence-electron chi connectivity index (χ2n) is 2.22. The highest BCUT2D eigenvalue weighted by atomic mass is 15.2. The van der Waals surface area contributed by atoms with Crippen molar-refractivity contribution in [3.63, 3.8) is 0 Å². The molecule has 1 aliphatic rings. The van der Waals surface area contributed by atoms with Gasteiger partial charge in [-0.25, -0.2) is 0 Å². The van der Waals surface area contributed by atoms with E-state index in [9.17, 15) is 0 Å². The van der Waals surface area contributed by atoms with Crippen molar-refractivity contribution in [2.75, 3.05) is 19.6 Å². The Kier molecular flexibility index (Phi) is 2.10. The van der Waals surface area contributed by atoms with Gasteiger partial charge in [-0.05, 0) is 26.4 Å². The van der Waals surface area contributed by atoms with Crippen molar-refractivity contribution >= 4 is 0 Å². The highest BCUT2D eigenvalue weighted by Gasteiger charge is 2.09. The summed E-state index contributed by atoms with van der Waals surface area (Å²) in [7, 11) is 0. The van der Waals surface area contributed by atoms with E-state index in [0.717, 1.165) is 6.54 Å². The fourth-order valence-electron chi connectivity index (χ4n) is 0.819. The molecule has 0 saturated carbocycles. The van der Waals surface area contributed by atoms with Crippen molar-refractivity contribution in [3.8, 4) is 0 Å². The molecule has 1 rings (SSSR count). The van der Waals surface area contributed by atoms with Crippen molar-refractivity contribution in [1.82, 2.24) is 4.90 Å². The molecule has 0 spiro atoms. The molecular weight excluding hydrogens is 98.1 g/mol. The molecule has 46 valence electrons. The minimum Gasteiger partial charge on any atom is -0.300 e. The first-order valence-electron chi connectivity index (χ1n) is 3.27. The molecule has 1 aliphatic heterocycles. The zero-order valence-electron chi connectivity index (χ0n) is 5.43. The van der Waals surface area contributed by atoms with E-state index in [1.165, 1.54) is 19.5 Å². The first-order valence-corrected chi connectivity index (χ1v) is 3.27. The van der Waals surface area contributed by atoms with Crippen LogP contribution in [0.5, 0.6) is 0 Å². The normalized spacial score (nSPS) is 21.6. The van der Waals surface area contributed by atoms with Crippen LogP contribution in [0.15, 0.2) is 12.2 Å². The molecule has 0 aliphatic carbocycles. The molecule has 0 amide bonds. The van der Waals surface area contributed by atoms with E-state index in [-0.39, 0.29) is 0 Å². The first kappa shape index (κ1) is 5.83. The van der Waals surface area contributed by atoms with Crippen LogP contribution in [-0.2, 0) is 0 Å². The van der Waals surface area contributed by atoms with Crippen LogP contribution in [0.4, 0.5) is 0 Å². The van der Waals surface area contributed by atoms with Crippen LogP contribution in [0.2, 0.25) is 0 Å². The molecule has 0 unspecified atom stereocenters. The number of allylic oxidation sites excluding steroid dienone is 1. The summed E-state index contributed by atoms with van der Waals surface area (Å²) in [5.41, 5.74) is 0. The first-order chi connectivity index (χ1) is 3.93. The average molecular weight is 111 g/mol. The molecule has 1 fully saturated rings. The van der Waals surface area contributed by atoms with Gasteiger partial charge in [-0.15, -0.1) is 0 Å². The van der Waals surface area contributed by atoms with E-state index in [4.69, 9.17) is 0 Å². The monoisotopic (exact) mass is 111 g/mol. The zero-order valence-corrected chi connectivity index (χ0v) is 5.43. The van der Waals surface area contributed by atoms with E-state index in [1.54, 1.807) is 0 Å². The zero-order chi connectivity index (χ0) is 5.82. The van der Waals surface area contributed by atoms with Crippen LogP contribution >= 0.6 is 0 Å². The van der Waals surface area contributed by atoms with Crippen LogP contribution in [0.25, 0.3) is 0 Å². The number of nitrogens with zero attached hydrogens (tertiary/aromatic N) is 1. The van der Waals surface area contributed by atoms with Gasteiger partial charge in [0.15, 0.2) is 0 Å². The quantitative estimate of drug-likeness (QED) is 0.485. The third kappa shape index (κ3) is 1.34. The molecule has 0 aromatic heterocycles. The standard InChI is InChI=1S/C7H13N/c1-2-3-5-8-6-4-7-8/h2-3H,4-7H2,1H3/b3-2+. The Morgan fingerprint density at radius 2 is 2.25 bits per heavy atom. The fourth-order valence-corrected chi connectivity index (χ4v) is 0.819. The van der Waals surface area contributed by atoms with Gasteiger partial charge in [-0.2, -0.15) is 0 Å². The second kappa shape index (κ2) is 2.88. The summed E-state index contributed by atoms with van der Waals surface area (Å²) < 4.78 is 0. The SMILES string of the molecule is C/C=C/CN1CCC1. The number of rotatable bonds is 2. The van der Waals surface area contributed by atoms with Crippen molar-refractivity contribution < 1.29 is 0 Å². The summed E-state index contributed by atoms with van der Waals surface area (Å²) in [6.07, 6.45) is 5.72. The van der Waals surface area contributed by atoms with E-state index < -0.39 is 0 Å². The summed E-state index contributed by atoms with van der Waals surface area (Å²) in [5.74, 6) is 0. The van der Waals surface area contributed by atoms with Gasteiger partial charge in [-0.3, -0.25) is 4.90 Å². The Balaban J connectivity index is 2.01. The molecular formula is C7H13N. The Bertz CT molecular complexity index is 82.4. The number of hydrogen-bond acceptors (Lipinski definition) is 1. The maximum absolute atomic E-state index is 2.43. The van der Waals surface area contributed by atoms with Crippen molar-refractivity contribution in [3.05, 3.63) is 12.2 Å². The molecule has 0 bridgehead atoms. The lowest BCUT2D eigenvalue weighted by molar-refractivity contribution is 0.203. The van der Waals surface area contributed by atoms with E-state index in [2.05, 4.69) is 24.0 Å². The molecule has 0 radical (unpaired) electrons. The number of hydrogen-bond donors (Lipinski definition) is 0. The Hall–Kier alpha value is -0.300. The van der Waals surface area contributed by atoms with E-state index in [0.29, 0.717) is 0 Å². The van der Waals surface area contributed by atoms with Crippen LogP contribution < -0.4 is 0 Å². The minimum absolute atomic E-state index is 1.16. The lowest BCUT2D eigenvalue weighted by Crippen LogP contribution is -2.36. The van der Waals surface area contributed by atoms with Crippen LogP contribution in [0.1, 0.15) is 13.3 Å². The van der Waals surface area contributed by atoms with Gasteiger partial charge in [0.25, 0.3) is 0 Å². The van der Waals surface area contributed by atoms with E-state index in [1.807, 2.05) is 0 Å². The van der Waals surface area contributed by atoms with E-state index >= 15 is 0 Å². The predicted octanol–water partition coefficient (Wildman–Crippen LogP) is 1.27. The van der Waals surface area contributed by atoms with Crippen molar-refractivity contribution in [2.24, 2.45) is 0 Å². The Morgan fingerprint density at radius 1 is 1.50 bits per heavy atom. The maximum atomic E-state index is 2.43. The molecule has 1 heteroatoms. The molecule has 0 atom stereocenters. The summed E-state index contributed by atoms with van der Waals surface area (Å²) in [6, 6.07) is 0. The van der Waals surface area contributed by atoms with Crippen LogP contribution in [0, 0.1) is 0 Å². The van der Waals surface area contributed by atoms with Gasteiger partial charge >= 0.3 is 0 Å².